The van der Waals surface area contributed by atoms with Gasteiger partial charge >= 0.3 is 0 Å². The van der Waals surface area contributed by atoms with E-state index in [2.05, 4.69) is 26.1 Å². The van der Waals surface area contributed by atoms with Crippen LogP contribution in [-0.2, 0) is 0 Å². The van der Waals surface area contributed by atoms with Crippen LogP contribution in [0.15, 0.2) is 24.3 Å². The number of halogens is 1. The fourth-order valence-corrected chi connectivity index (χ4v) is 2.66. The van der Waals surface area contributed by atoms with E-state index in [0.717, 1.165) is 18.6 Å². The second-order valence-corrected chi connectivity index (χ2v) is 5.11. The molecule has 0 fully saturated rings. The van der Waals surface area contributed by atoms with Crippen molar-refractivity contribution in [3.63, 3.8) is 0 Å². The highest BCUT2D eigenvalue weighted by Crippen LogP contribution is 2.22. The lowest BCUT2D eigenvalue weighted by Crippen LogP contribution is -2.44. The van der Waals surface area contributed by atoms with Crippen LogP contribution < -0.4 is 10.1 Å². The molecule has 1 N–H and O–H groups in total. The lowest BCUT2D eigenvalue weighted by atomic mass is 9.91. The first-order valence-corrected chi connectivity index (χ1v) is 7.09. The van der Waals surface area contributed by atoms with Crippen molar-refractivity contribution in [2.45, 2.75) is 45.8 Å². The summed E-state index contributed by atoms with van der Waals surface area (Å²) >= 11 is 5.96. The van der Waals surface area contributed by atoms with Gasteiger partial charge in [0.05, 0.1) is 0 Å². The van der Waals surface area contributed by atoms with Gasteiger partial charge in [0.1, 0.15) is 11.9 Å². The lowest BCUT2D eigenvalue weighted by molar-refractivity contribution is 0.135. The third-order valence-electron chi connectivity index (χ3n) is 3.51. The quantitative estimate of drug-likeness (QED) is 0.804. The number of hydrogen-bond acceptors (Lipinski definition) is 2. The van der Waals surface area contributed by atoms with Crippen LogP contribution in [0, 0.1) is 5.92 Å². The van der Waals surface area contributed by atoms with Gasteiger partial charge in [-0.15, -0.1) is 0 Å². The second-order valence-electron chi connectivity index (χ2n) is 4.67. The minimum atomic E-state index is 0.123. The first kappa shape index (κ1) is 15.3. The van der Waals surface area contributed by atoms with Gasteiger partial charge in [-0.2, -0.15) is 0 Å². The smallest absolute Gasteiger partial charge is 0.121 e. The fraction of sp³-hybridized carbons (Fsp3) is 0.600. The number of benzene rings is 1. The van der Waals surface area contributed by atoms with Crippen LogP contribution in [0.25, 0.3) is 0 Å². The summed E-state index contributed by atoms with van der Waals surface area (Å²) < 4.78 is 5.99. The van der Waals surface area contributed by atoms with Gasteiger partial charge in [0.25, 0.3) is 0 Å². The Hall–Kier alpha value is -0.730. The van der Waals surface area contributed by atoms with Crippen LogP contribution in [0.3, 0.4) is 0 Å². The molecule has 0 radical (unpaired) electrons. The van der Waals surface area contributed by atoms with E-state index in [9.17, 15) is 0 Å². The van der Waals surface area contributed by atoms with E-state index in [0.29, 0.717) is 17.0 Å². The number of likely N-dealkylation sites (N-methyl/N-ethyl adjacent to an activating group) is 1. The number of hydrogen-bond donors (Lipinski definition) is 1. The minimum Gasteiger partial charge on any atom is -0.489 e. The molecule has 2 atom stereocenters. The summed E-state index contributed by atoms with van der Waals surface area (Å²) in [5, 5.41) is 4.09. The molecule has 0 aliphatic heterocycles. The van der Waals surface area contributed by atoms with Crippen molar-refractivity contribution in [3.05, 3.63) is 29.3 Å². The predicted octanol–water partition coefficient (Wildman–Crippen LogP) is 4.13. The van der Waals surface area contributed by atoms with Gasteiger partial charge in [0.2, 0.25) is 0 Å². The first-order valence-electron chi connectivity index (χ1n) is 6.71. The molecule has 1 aromatic rings. The van der Waals surface area contributed by atoms with E-state index in [1.54, 1.807) is 0 Å². The van der Waals surface area contributed by atoms with Crippen molar-refractivity contribution in [1.29, 1.82) is 0 Å². The minimum absolute atomic E-state index is 0.123. The molecule has 18 heavy (non-hydrogen) atoms. The van der Waals surface area contributed by atoms with E-state index >= 15 is 0 Å². The van der Waals surface area contributed by atoms with E-state index < -0.39 is 0 Å². The van der Waals surface area contributed by atoms with Crippen LogP contribution in [0.4, 0.5) is 0 Å². The molecule has 0 aromatic heterocycles. The Kier molecular flexibility index (Phi) is 6.51. The molecule has 0 bridgehead atoms. The molecule has 1 rings (SSSR count). The van der Waals surface area contributed by atoms with Crippen LogP contribution in [-0.4, -0.2) is 19.2 Å². The Morgan fingerprint density at radius 1 is 1.28 bits per heavy atom. The molecule has 1 aromatic carbocycles. The van der Waals surface area contributed by atoms with Crippen molar-refractivity contribution >= 4 is 11.6 Å². The molecule has 0 saturated carbocycles. The molecule has 0 saturated heterocycles. The van der Waals surface area contributed by atoms with Gasteiger partial charge in [-0.3, -0.25) is 0 Å². The van der Waals surface area contributed by atoms with Gasteiger partial charge in [-0.1, -0.05) is 44.4 Å². The van der Waals surface area contributed by atoms with Gasteiger partial charge < -0.3 is 10.1 Å². The molecular weight excluding hydrogens is 246 g/mol. The summed E-state index contributed by atoms with van der Waals surface area (Å²) in [4.78, 5) is 0. The SMILES string of the molecule is CCC(CC)C(NC)C(C)Oc1cccc(Cl)c1. The van der Waals surface area contributed by atoms with Gasteiger partial charge in [0, 0.05) is 11.1 Å². The Balaban J connectivity index is 2.70. The normalized spacial score (nSPS) is 14.6. The topological polar surface area (TPSA) is 21.3 Å². The van der Waals surface area contributed by atoms with Crippen LogP contribution in [0.2, 0.25) is 5.02 Å². The first-order chi connectivity index (χ1) is 8.62. The standard InChI is InChI=1S/C15H24ClNO/c1-5-12(6-2)15(17-4)11(3)18-14-9-7-8-13(16)10-14/h7-12,15,17H,5-6H2,1-4H3. The zero-order chi connectivity index (χ0) is 13.5. The average molecular weight is 270 g/mol. The highest BCUT2D eigenvalue weighted by Gasteiger charge is 2.24. The molecule has 102 valence electrons. The molecule has 2 nitrogen and oxygen atoms in total. The Labute approximate surface area is 116 Å². The molecule has 0 spiro atoms. The molecule has 0 aliphatic rings. The Bertz CT molecular complexity index is 352. The van der Waals surface area contributed by atoms with E-state index in [1.807, 2.05) is 31.3 Å². The molecule has 0 amide bonds. The van der Waals surface area contributed by atoms with Crippen molar-refractivity contribution in [3.8, 4) is 5.75 Å². The third kappa shape index (κ3) is 4.18. The predicted molar refractivity (Wildman–Crippen MR) is 78.5 cm³/mol. The summed E-state index contributed by atoms with van der Waals surface area (Å²) in [6.07, 6.45) is 2.44. The molecular formula is C15H24ClNO. The van der Waals surface area contributed by atoms with Crippen LogP contribution in [0.1, 0.15) is 33.6 Å². The van der Waals surface area contributed by atoms with E-state index in [4.69, 9.17) is 16.3 Å². The molecule has 2 unspecified atom stereocenters. The van der Waals surface area contributed by atoms with E-state index in [1.165, 1.54) is 0 Å². The van der Waals surface area contributed by atoms with Crippen molar-refractivity contribution < 1.29 is 4.74 Å². The van der Waals surface area contributed by atoms with Gasteiger partial charge in [-0.05, 0) is 38.1 Å². The highest BCUT2D eigenvalue weighted by atomic mass is 35.5. The van der Waals surface area contributed by atoms with E-state index in [-0.39, 0.29) is 6.10 Å². The maximum Gasteiger partial charge on any atom is 0.121 e. The number of ether oxygens (including phenoxy) is 1. The zero-order valence-corrected chi connectivity index (χ0v) is 12.5. The molecule has 3 heteroatoms. The van der Waals surface area contributed by atoms with Gasteiger partial charge in [-0.25, -0.2) is 0 Å². The summed E-state index contributed by atoms with van der Waals surface area (Å²) in [5.74, 6) is 1.46. The summed E-state index contributed by atoms with van der Waals surface area (Å²) in [5.41, 5.74) is 0. The third-order valence-corrected chi connectivity index (χ3v) is 3.75. The van der Waals surface area contributed by atoms with Crippen LogP contribution >= 0.6 is 11.6 Å². The summed E-state index contributed by atoms with van der Waals surface area (Å²) in [6.45, 7) is 6.57. The lowest BCUT2D eigenvalue weighted by Gasteiger charge is -2.30. The van der Waals surface area contributed by atoms with Crippen LogP contribution in [0.5, 0.6) is 5.75 Å². The van der Waals surface area contributed by atoms with Gasteiger partial charge in [0.15, 0.2) is 0 Å². The highest BCUT2D eigenvalue weighted by molar-refractivity contribution is 6.30. The van der Waals surface area contributed by atoms with Crippen molar-refractivity contribution in [1.82, 2.24) is 5.32 Å². The average Bonchev–Trinajstić information content (AvgIpc) is 2.35. The summed E-state index contributed by atoms with van der Waals surface area (Å²) in [7, 11) is 2.00. The molecule has 0 aliphatic carbocycles. The fourth-order valence-electron chi connectivity index (χ4n) is 2.48. The Morgan fingerprint density at radius 3 is 2.44 bits per heavy atom. The number of nitrogens with one attached hydrogen (secondary N) is 1. The summed E-state index contributed by atoms with van der Waals surface area (Å²) in [6, 6.07) is 7.93. The maximum atomic E-state index is 5.99. The second kappa shape index (κ2) is 7.65. The van der Waals surface area contributed by atoms with Crippen molar-refractivity contribution in [2.75, 3.05) is 7.05 Å². The monoisotopic (exact) mass is 269 g/mol. The number of rotatable bonds is 7. The van der Waals surface area contributed by atoms with Crippen molar-refractivity contribution in [2.24, 2.45) is 5.92 Å². The largest absolute Gasteiger partial charge is 0.489 e. The zero-order valence-electron chi connectivity index (χ0n) is 11.7. The Morgan fingerprint density at radius 2 is 1.94 bits per heavy atom. The molecule has 0 heterocycles. The maximum absolute atomic E-state index is 5.99.